The molecule has 6 nitrogen and oxygen atoms in total. The minimum absolute atomic E-state index is 0.0467. The zero-order valence-corrected chi connectivity index (χ0v) is 15.7. The van der Waals surface area contributed by atoms with E-state index >= 15 is 0 Å². The quantitative estimate of drug-likeness (QED) is 0.867. The van der Waals surface area contributed by atoms with E-state index in [9.17, 15) is 13.8 Å². The lowest BCUT2D eigenvalue weighted by atomic mass is 10.0. The third-order valence-electron chi connectivity index (χ3n) is 5.21. The molecule has 0 aromatic heterocycles. The molecule has 4 rings (SSSR count). The third kappa shape index (κ3) is 3.23. The molecule has 3 amide bonds. The van der Waals surface area contributed by atoms with Crippen LogP contribution < -0.4 is 10.2 Å². The summed E-state index contributed by atoms with van der Waals surface area (Å²) in [5, 5.41) is 2.88. The van der Waals surface area contributed by atoms with Crippen LogP contribution in [0.15, 0.2) is 60.7 Å². The zero-order valence-electron chi connectivity index (χ0n) is 14.8. The Bertz CT molecular complexity index is 865. The van der Waals surface area contributed by atoms with Crippen LogP contribution >= 0.6 is 0 Å². The van der Waals surface area contributed by atoms with E-state index in [0.717, 1.165) is 11.4 Å². The number of amides is 3. The molecular weight excluding hydrogens is 362 g/mol. The maximum absolute atomic E-state index is 12.8. The lowest BCUT2D eigenvalue weighted by Gasteiger charge is -2.43. The number of likely N-dealkylation sites (tertiary alicyclic amines) is 1. The SMILES string of the molecule is O=C(Nc1ccccc1)N1CCC2(CC1)N(c1ccccc1)C(=O)CS2=O. The van der Waals surface area contributed by atoms with Gasteiger partial charge in [-0.05, 0) is 24.3 Å². The fraction of sp³-hybridized carbons (Fsp3) is 0.300. The van der Waals surface area contributed by atoms with E-state index in [2.05, 4.69) is 5.32 Å². The molecule has 27 heavy (non-hydrogen) atoms. The molecule has 2 heterocycles. The van der Waals surface area contributed by atoms with Gasteiger partial charge in [0.15, 0.2) is 0 Å². The molecule has 2 aromatic carbocycles. The van der Waals surface area contributed by atoms with Gasteiger partial charge in [-0.3, -0.25) is 13.9 Å². The number of nitrogens with zero attached hydrogens (tertiary/aromatic N) is 2. The molecule has 1 N–H and O–H groups in total. The Morgan fingerprint density at radius 1 is 0.963 bits per heavy atom. The summed E-state index contributed by atoms with van der Waals surface area (Å²) in [6.07, 6.45) is 1.00. The molecule has 1 unspecified atom stereocenters. The second-order valence-corrected chi connectivity index (χ2v) is 8.52. The molecule has 2 saturated heterocycles. The van der Waals surface area contributed by atoms with E-state index < -0.39 is 15.7 Å². The van der Waals surface area contributed by atoms with Gasteiger partial charge in [0.05, 0.1) is 10.8 Å². The van der Waals surface area contributed by atoms with Crippen molar-refractivity contribution in [2.24, 2.45) is 0 Å². The monoisotopic (exact) mass is 383 g/mol. The highest BCUT2D eigenvalue weighted by Crippen LogP contribution is 2.40. The highest BCUT2D eigenvalue weighted by Gasteiger charge is 2.53. The summed E-state index contributed by atoms with van der Waals surface area (Å²) in [4.78, 5) is 27.8. The second-order valence-electron chi connectivity index (χ2n) is 6.78. The van der Waals surface area contributed by atoms with E-state index in [1.54, 1.807) is 9.80 Å². The van der Waals surface area contributed by atoms with Gasteiger partial charge < -0.3 is 10.2 Å². The smallest absolute Gasteiger partial charge is 0.321 e. The van der Waals surface area contributed by atoms with Crippen molar-refractivity contribution in [2.45, 2.75) is 17.7 Å². The normalized spacial score (nSPS) is 21.5. The molecule has 140 valence electrons. The fourth-order valence-corrected chi connectivity index (χ4v) is 5.50. The van der Waals surface area contributed by atoms with Crippen molar-refractivity contribution in [1.82, 2.24) is 4.90 Å². The summed E-state index contributed by atoms with van der Waals surface area (Å²) in [7, 11) is -1.28. The summed E-state index contributed by atoms with van der Waals surface area (Å²) in [5.74, 6) is -0.0628. The summed E-state index contributed by atoms with van der Waals surface area (Å²) in [6.45, 7) is 0.919. The number of anilines is 2. The standard InChI is InChI=1S/C20H21N3O3S/c24-18-15-27(26)20(23(18)17-9-5-2-6-10-17)11-13-22(14-12-20)19(25)21-16-7-3-1-4-8-16/h1-10H,11-15H2,(H,21,25). The van der Waals surface area contributed by atoms with Crippen LogP contribution in [0.25, 0.3) is 0 Å². The fourth-order valence-electron chi connectivity index (χ4n) is 3.83. The van der Waals surface area contributed by atoms with Crippen LogP contribution in [0.2, 0.25) is 0 Å². The minimum atomic E-state index is -1.28. The molecule has 7 heteroatoms. The van der Waals surface area contributed by atoms with Crippen molar-refractivity contribution in [3.63, 3.8) is 0 Å². The van der Waals surface area contributed by atoms with Crippen LogP contribution in [0.4, 0.5) is 16.2 Å². The summed E-state index contributed by atoms with van der Waals surface area (Å²) < 4.78 is 12.8. The Balaban J connectivity index is 1.50. The van der Waals surface area contributed by atoms with E-state index in [1.807, 2.05) is 60.7 Å². The van der Waals surface area contributed by atoms with Crippen molar-refractivity contribution < 1.29 is 13.8 Å². The van der Waals surface area contributed by atoms with E-state index in [4.69, 9.17) is 0 Å². The third-order valence-corrected chi connectivity index (χ3v) is 7.15. The number of piperidine rings is 1. The lowest BCUT2D eigenvalue weighted by molar-refractivity contribution is -0.116. The largest absolute Gasteiger partial charge is 0.324 e. The van der Waals surface area contributed by atoms with E-state index in [0.29, 0.717) is 25.9 Å². The van der Waals surface area contributed by atoms with Crippen molar-refractivity contribution in [2.75, 3.05) is 29.1 Å². The number of urea groups is 1. The van der Waals surface area contributed by atoms with Gasteiger partial charge in [0.1, 0.15) is 10.6 Å². The van der Waals surface area contributed by atoms with Gasteiger partial charge in [0.25, 0.3) is 0 Å². The Morgan fingerprint density at radius 2 is 1.56 bits per heavy atom. The van der Waals surface area contributed by atoms with Crippen molar-refractivity contribution >= 4 is 34.1 Å². The summed E-state index contributed by atoms with van der Waals surface area (Å²) >= 11 is 0. The van der Waals surface area contributed by atoms with Gasteiger partial charge in [-0.15, -0.1) is 0 Å². The number of rotatable bonds is 2. The summed E-state index contributed by atoms with van der Waals surface area (Å²) in [5.41, 5.74) is 1.52. The van der Waals surface area contributed by atoms with Crippen molar-refractivity contribution in [1.29, 1.82) is 0 Å². The van der Waals surface area contributed by atoms with E-state index in [1.165, 1.54) is 0 Å². The van der Waals surface area contributed by atoms with Crippen molar-refractivity contribution in [3.05, 3.63) is 60.7 Å². The molecule has 2 aliphatic rings. The van der Waals surface area contributed by atoms with Gasteiger partial charge in [-0.1, -0.05) is 36.4 Å². The number of para-hydroxylation sites is 2. The first-order valence-corrected chi connectivity index (χ1v) is 10.3. The highest BCUT2D eigenvalue weighted by molar-refractivity contribution is 7.88. The molecule has 0 saturated carbocycles. The molecule has 0 aliphatic carbocycles. The van der Waals surface area contributed by atoms with E-state index in [-0.39, 0.29) is 17.7 Å². The van der Waals surface area contributed by atoms with Gasteiger partial charge in [0.2, 0.25) is 5.91 Å². The molecule has 2 aliphatic heterocycles. The lowest BCUT2D eigenvalue weighted by Crippen LogP contribution is -2.56. The van der Waals surface area contributed by atoms with Gasteiger partial charge in [-0.25, -0.2) is 4.79 Å². The Kier molecular flexibility index (Phi) is 4.70. The molecule has 2 fully saturated rings. The second kappa shape index (κ2) is 7.15. The molecule has 0 radical (unpaired) electrons. The first kappa shape index (κ1) is 17.7. The number of hydrogen-bond acceptors (Lipinski definition) is 3. The Morgan fingerprint density at radius 3 is 2.19 bits per heavy atom. The highest BCUT2D eigenvalue weighted by atomic mass is 32.2. The Hall–Kier alpha value is -2.67. The van der Waals surface area contributed by atoms with Crippen molar-refractivity contribution in [3.8, 4) is 0 Å². The van der Waals surface area contributed by atoms with Gasteiger partial charge >= 0.3 is 6.03 Å². The maximum Gasteiger partial charge on any atom is 0.321 e. The van der Waals surface area contributed by atoms with Gasteiger partial charge in [0, 0.05) is 37.3 Å². The van der Waals surface area contributed by atoms with Crippen LogP contribution in [-0.4, -0.2) is 44.8 Å². The first-order chi connectivity index (χ1) is 13.1. The Labute approximate surface area is 160 Å². The maximum atomic E-state index is 12.8. The molecule has 2 aromatic rings. The number of carbonyl (C=O) groups is 2. The molecule has 0 bridgehead atoms. The van der Waals surface area contributed by atoms with Gasteiger partial charge in [-0.2, -0.15) is 0 Å². The van der Waals surface area contributed by atoms with Crippen LogP contribution in [-0.2, 0) is 15.6 Å². The van der Waals surface area contributed by atoms with Crippen LogP contribution in [0.5, 0.6) is 0 Å². The number of nitrogens with one attached hydrogen (secondary N) is 1. The molecular formula is C20H21N3O3S. The number of carbonyl (C=O) groups excluding carboxylic acids is 2. The average molecular weight is 383 g/mol. The predicted molar refractivity (Wildman–Crippen MR) is 106 cm³/mol. The van der Waals surface area contributed by atoms with Crippen LogP contribution in [0.1, 0.15) is 12.8 Å². The van der Waals surface area contributed by atoms with Crippen LogP contribution in [0, 0.1) is 0 Å². The average Bonchev–Trinajstić information content (AvgIpc) is 2.93. The number of benzene rings is 2. The topological polar surface area (TPSA) is 69.7 Å². The molecule has 1 atom stereocenters. The number of hydrogen-bond donors (Lipinski definition) is 1. The first-order valence-electron chi connectivity index (χ1n) is 8.98. The minimum Gasteiger partial charge on any atom is -0.324 e. The molecule has 1 spiro atoms. The summed E-state index contributed by atoms with van der Waals surface area (Å²) in [6, 6.07) is 18.5. The van der Waals surface area contributed by atoms with Crippen LogP contribution in [0.3, 0.4) is 0 Å². The predicted octanol–water partition coefficient (Wildman–Crippen LogP) is 2.81. The zero-order chi connectivity index (χ0) is 18.9.